The van der Waals surface area contributed by atoms with Gasteiger partial charge < -0.3 is 10.6 Å². The monoisotopic (exact) mass is 258 g/mol. The van der Waals surface area contributed by atoms with Crippen LogP contribution in [-0.2, 0) is 4.79 Å². The fourth-order valence-electron chi connectivity index (χ4n) is 3.11. The number of nitrogens with zero attached hydrogens (tertiary/aromatic N) is 1. The molecule has 3 atom stereocenters. The summed E-state index contributed by atoms with van der Waals surface area (Å²) in [5.74, 6) is 1.54. The van der Waals surface area contributed by atoms with Crippen LogP contribution in [0.3, 0.4) is 0 Å². The molecule has 2 N–H and O–H groups in total. The van der Waals surface area contributed by atoms with Crippen molar-refractivity contribution in [1.82, 2.24) is 4.90 Å². The van der Waals surface area contributed by atoms with E-state index in [1.807, 2.05) is 30.1 Å². The van der Waals surface area contributed by atoms with Crippen LogP contribution in [0.2, 0.25) is 0 Å². The number of nitrogens with two attached hydrogens (primary N) is 1. The van der Waals surface area contributed by atoms with Crippen molar-refractivity contribution in [2.24, 2.45) is 17.6 Å². The van der Waals surface area contributed by atoms with Gasteiger partial charge in [-0.05, 0) is 36.7 Å². The Bertz CT molecular complexity index is 455. The Labute approximate surface area is 114 Å². The van der Waals surface area contributed by atoms with E-state index >= 15 is 0 Å². The molecule has 2 fully saturated rings. The molecule has 0 radical (unpaired) electrons. The molecule has 0 aliphatic heterocycles. The summed E-state index contributed by atoms with van der Waals surface area (Å²) < 4.78 is 0. The Hall–Kier alpha value is -1.35. The molecule has 2 aliphatic rings. The number of likely N-dealkylation sites (N-methyl/N-ethyl adjacent to an activating group) is 1. The molecule has 0 aromatic heterocycles. The zero-order valence-corrected chi connectivity index (χ0v) is 11.5. The van der Waals surface area contributed by atoms with Crippen LogP contribution in [-0.4, -0.2) is 30.4 Å². The van der Waals surface area contributed by atoms with E-state index in [9.17, 15) is 4.79 Å². The zero-order valence-electron chi connectivity index (χ0n) is 11.5. The SMILES string of the molecule is CN(C(=O)C1CC1c1ccccc1)C(CN)C1CC1. The van der Waals surface area contributed by atoms with Gasteiger partial charge >= 0.3 is 0 Å². The van der Waals surface area contributed by atoms with Crippen molar-refractivity contribution in [1.29, 1.82) is 0 Å². The summed E-state index contributed by atoms with van der Waals surface area (Å²) in [4.78, 5) is 14.4. The molecule has 0 bridgehead atoms. The molecule has 19 heavy (non-hydrogen) atoms. The molecular weight excluding hydrogens is 236 g/mol. The highest BCUT2D eigenvalue weighted by Gasteiger charge is 2.47. The van der Waals surface area contributed by atoms with Crippen LogP contribution in [0.1, 0.15) is 30.7 Å². The minimum absolute atomic E-state index is 0.181. The lowest BCUT2D eigenvalue weighted by molar-refractivity contribution is -0.133. The fraction of sp³-hybridized carbons (Fsp3) is 0.562. The van der Waals surface area contributed by atoms with Crippen molar-refractivity contribution in [2.45, 2.75) is 31.2 Å². The molecule has 1 aromatic rings. The largest absolute Gasteiger partial charge is 0.341 e. The number of amides is 1. The predicted molar refractivity (Wildman–Crippen MR) is 75.6 cm³/mol. The Balaban J connectivity index is 1.63. The molecule has 0 spiro atoms. The number of hydrogen-bond donors (Lipinski definition) is 1. The number of benzene rings is 1. The first-order valence-electron chi connectivity index (χ1n) is 7.24. The number of rotatable bonds is 5. The van der Waals surface area contributed by atoms with Crippen LogP contribution >= 0.6 is 0 Å². The van der Waals surface area contributed by atoms with Crippen LogP contribution in [0.15, 0.2) is 30.3 Å². The van der Waals surface area contributed by atoms with Crippen LogP contribution in [0.4, 0.5) is 0 Å². The number of carbonyl (C=O) groups excluding carboxylic acids is 1. The van der Waals surface area contributed by atoms with E-state index in [1.165, 1.54) is 18.4 Å². The normalized spacial score (nSPS) is 26.8. The first kappa shape index (κ1) is 12.7. The van der Waals surface area contributed by atoms with Crippen LogP contribution in [0.25, 0.3) is 0 Å². The van der Waals surface area contributed by atoms with E-state index in [2.05, 4.69) is 12.1 Å². The Morgan fingerprint density at radius 3 is 2.63 bits per heavy atom. The second-order valence-electron chi connectivity index (χ2n) is 5.95. The topological polar surface area (TPSA) is 46.3 Å². The zero-order chi connectivity index (χ0) is 13.4. The van der Waals surface area contributed by atoms with Crippen molar-refractivity contribution in [3.8, 4) is 0 Å². The van der Waals surface area contributed by atoms with Gasteiger partial charge in [0.15, 0.2) is 0 Å². The summed E-state index contributed by atoms with van der Waals surface area (Å²) in [5, 5.41) is 0. The van der Waals surface area contributed by atoms with E-state index in [-0.39, 0.29) is 17.9 Å². The van der Waals surface area contributed by atoms with Gasteiger partial charge in [-0.15, -0.1) is 0 Å². The highest BCUT2D eigenvalue weighted by molar-refractivity contribution is 5.83. The van der Waals surface area contributed by atoms with E-state index in [4.69, 9.17) is 5.73 Å². The Kier molecular flexibility index (Phi) is 3.31. The average Bonchev–Trinajstić information content (AvgIpc) is 3.32. The number of hydrogen-bond acceptors (Lipinski definition) is 2. The van der Waals surface area contributed by atoms with Gasteiger partial charge in [-0.25, -0.2) is 0 Å². The van der Waals surface area contributed by atoms with Crippen LogP contribution in [0, 0.1) is 11.8 Å². The fourth-order valence-corrected chi connectivity index (χ4v) is 3.11. The maximum Gasteiger partial charge on any atom is 0.226 e. The van der Waals surface area contributed by atoms with E-state index in [1.54, 1.807) is 0 Å². The molecule has 3 rings (SSSR count). The summed E-state index contributed by atoms with van der Waals surface area (Å²) in [6, 6.07) is 10.6. The van der Waals surface area contributed by atoms with E-state index in [0.29, 0.717) is 18.4 Å². The van der Waals surface area contributed by atoms with Crippen molar-refractivity contribution in [2.75, 3.05) is 13.6 Å². The summed E-state index contributed by atoms with van der Waals surface area (Å²) in [6.45, 7) is 0.593. The number of carbonyl (C=O) groups is 1. The van der Waals surface area contributed by atoms with Crippen molar-refractivity contribution in [3.63, 3.8) is 0 Å². The lowest BCUT2D eigenvalue weighted by atomic mass is 10.1. The molecule has 2 aliphatic carbocycles. The first-order chi connectivity index (χ1) is 9.22. The van der Waals surface area contributed by atoms with E-state index in [0.717, 1.165) is 6.42 Å². The summed E-state index contributed by atoms with van der Waals surface area (Å²) in [5.41, 5.74) is 7.12. The van der Waals surface area contributed by atoms with Crippen molar-refractivity contribution in [3.05, 3.63) is 35.9 Å². The van der Waals surface area contributed by atoms with E-state index < -0.39 is 0 Å². The van der Waals surface area contributed by atoms with Crippen LogP contribution in [0.5, 0.6) is 0 Å². The Morgan fingerprint density at radius 1 is 1.37 bits per heavy atom. The Morgan fingerprint density at radius 2 is 2.05 bits per heavy atom. The standard InChI is InChI=1S/C16H22N2O/c1-18(15(10-17)12-7-8-12)16(19)14-9-13(14)11-5-3-2-4-6-11/h2-6,12-15H,7-10,17H2,1H3. The maximum atomic E-state index is 12.5. The minimum atomic E-state index is 0.181. The second kappa shape index (κ2) is 4.97. The van der Waals surface area contributed by atoms with Gasteiger partial charge in [0.25, 0.3) is 0 Å². The predicted octanol–water partition coefficient (Wildman–Crippen LogP) is 1.99. The quantitative estimate of drug-likeness (QED) is 0.878. The summed E-state index contributed by atoms with van der Waals surface area (Å²) >= 11 is 0. The smallest absolute Gasteiger partial charge is 0.226 e. The summed E-state index contributed by atoms with van der Waals surface area (Å²) in [6.07, 6.45) is 3.45. The van der Waals surface area contributed by atoms with Gasteiger partial charge in [-0.1, -0.05) is 30.3 Å². The van der Waals surface area contributed by atoms with Gasteiger partial charge in [-0.2, -0.15) is 0 Å². The molecule has 1 aromatic carbocycles. The molecule has 0 saturated heterocycles. The van der Waals surface area contributed by atoms with Gasteiger partial charge in [0, 0.05) is 25.6 Å². The van der Waals surface area contributed by atoms with Gasteiger partial charge in [-0.3, -0.25) is 4.79 Å². The molecule has 2 saturated carbocycles. The molecule has 0 heterocycles. The lowest BCUT2D eigenvalue weighted by Crippen LogP contribution is -2.44. The molecule has 3 nitrogen and oxygen atoms in total. The molecule has 3 heteroatoms. The second-order valence-corrected chi connectivity index (χ2v) is 5.95. The maximum absolute atomic E-state index is 12.5. The van der Waals surface area contributed by atoms with Crippen LogP contribution < -0.4 is 5.73 Å². The third-order valence-electron chi connectivity index (χ3n) is 4.59. The van der Waals surface area contributed by atoms with Gasteiger partial charge in [0.1, 0.15) is 0 Å². The molecule has 1 amide bonds. The molecular formula is C16H22N2O. The summed E-state index contributed by atoms with van der Waals surface area (Å²) in [7, 11) is 1.93. The third-order valence-corrected chi connectivity index (χ3v) is 4.59. The van der Waals surface area contributed by atoms with Crippen molar-refractivity contribution >= 4 is 5.91 Å². The highest BCUT2D eigenvalue weighted by Crippen LogP contribution is 2.49. The third kappa shape index (κ3) is 2.52. The van der Waals surface area contributed by atoms with Gasteiger partial charge in [0.05, 0.1) is 0 Å². The molecule has 3 unspecified atom stereocenters. The lowest BCUT2D eigenvalue weighted by Gasteiger charge is -2.27. The minimum Gasteiger partial charge on any atom is -0.341 e. The average molecular weight is 258 g/mol. The van der Waals surface area contributed by atoms with Crippen molar-refractivity contribution < 1.29 is 4.79 Å². The van der Waals surface area contributed by atoms with Gasteiger partial charge in [0.2, 0.25) is 5.91 Å². The molecule has 102 valence electrons. The highest BCUT2D eigenvalue weighted by atomic mass is 16.2. The first-order valence-corrected chi connectivity index (χ1v) is 7.24.